The molecule has 0 heterocycles. The summed E-state index contributed by atoms with van der Waals surface area (Å²) >= 11 is 5.92. The van der Waals surface area contributed by atoms with Gasteiger partial charge in [-0.05, 0) is 24.3 Å². The largest absolute Gasteiger partial charge is 0.478 e. The molecule has 0 bridgehead atoms. The molecule has 7 heteroatoms. The number of benzene rings is 2. The summed E-state index contributed by atoms with van der Waals surface area (Å²) in [7, 11) is 0. The van der Waals surface area contributed by atoms with Crippen molar-refractivity contribution < 1.29 is 19.5 Å². The van der Waals surface area contributed by atoms with Gasteiger partial charge in [0.15, 0.2) is 0 Å². The topological polar surface area (TPSA) is 95.5 Å². The maximum atomic E-state index is 12.0. The van der Waals surface area contributed by atoms with E-state index in [1.807, 2.05) is 0 Å². The maximum Gasteiger partial charge on any atom is 0.336 e. The Labute approximate surface area is 143 Å². The molecule has 0 spiro atoms. The van der Waals surface area contributed by atoms with Gasteiger partial charge in [-0.3, -0.25) is 9.59 Å². The van der Waals surface area contributed by atoms with E-state index in [1.165, 1.54) is 12.1 Å². The number of aromatic carboxylic acids is 1. The summed E-state index contributed by atoms with van der Waals surface area (Å²) < 4.78 is 0. The first-order valence-electron chi connectivity index (χ1n) is 7.14. The fourth-order valence-corrected chi connectivity index (χ4v) is 2.28. The van der Waals surface area contributed by atoms with Crippen LogP contribution in [0.5, 0.6) is 0 Å². The summed E-state index contributed by atoms with van der Waals surface area (Å²) in [6.07, 6.45) is 0. The molecule has 124 valence electrons. The number of carboxylic acids is 1. The van der Waals surface area contributed by atoms with Crippen molar-refractivity contribution in [2.45, 2.75) is 0 Å². The molecule has 0 aromatic heterocycles. The van der Waals surface area contributed by atoms with Crippen molar-refractivity contribution in [2.75, 3.05) is 13.1 Å². The third-order valence-corrected chi connectivity index (χ3v) is 3.55. The second-order valence-electron chi connectivity index (χ2n) is 4.84. The molecule has 0 saturated heterocycles. The van der Waals surface area contributed by atoms with Gasteiger partial charge >= 0.3 is 5.97 Å². The molecule has 0 aliphatic rings. The monoisotopic (exact) mass is 346 g/mol. The molecule has 0 radical (unpaired) electrons. The quantitative estimate of drug-likeness (QED) is 0.699. The van der Waals surface area contributed by atoms with Crippen molar-refractivity contribution in [1.29, 1.82) is 0 Å². The number of hydrogen-bond acceptors (Lipinski definition) is 3. The van der Waals surface area contributed by atoms with E-state index in [0.717, 1.165) is 0 Å². The Hall–Kier alpha value is -2.86. The zero-order chi connectivity index (χ0) is 17.5. The van der Waals surface area contributed by atoms with Crippen molar-refractivity contribution >= 4 is 29.4 Å². The molecule has 2 rings (SSSR count). The highest BCUT2D eigenvalue weighted by Gasteiger charge is 2.15. The minimum atomic E-state index is -1.17. The van der Waals surface area contributed by atoms with Gasteiger partial charge in [-0.15, -0.1) is 0 Å². The summed E-state index contributed by atoms with van der Waals surface area (Å²) in [5.74, 6) is -2.03. The number of carbonyl (C=O) groups excluding carboxylic acids is 2. The van der Waals surface area contributed by atoms with Gasteiger partial charge in [-0.2, -0.15) is 0 Å². The van der Waals surface area contributed by atoms with Gasteiger partial charge in [0, 0.05) is 13.1 Å². The molecule has 0 aliphatic heterocycles. The molecule has 2 aromatic rings. The molecule has 0 fully saturated rings. The molecule has 0 saturated carbocycles. The van der Waals surface area contributed by atoms with Gasteiger partial charge in [0.25, 0.3) is 11.8 Å². The third-order valence-electron chi connectivity index (χ3n) is 3.22. The second kappa shape index (κ2) is 8.12. The molecule has 24 heavy (non-hydrogen) atoms. The van der Waals surface area contributed by atoms with Crippen molar-refractivity contribution in [2.24, 2.45) is 0 Å². The first-order chi connectivity index (χ1) is 11.5. The minimum Gasteiger partial charge on any atom is -0.478 e. The van der Waals surface area contributed by atoms with Crippen LogP contribution in [0.15, 0.2) is 48.5 Å². The van der Waals surface area contributed by atoms with Gasteiger partial charge in [0.2, 0.25) is 0 Å². The lowest BCUT2D eigenvalue weighted by Gasteiger charge is -2.09. The van der Waals surface area contributed by atoms with Gasteiger partial charge < -0.3 is 15.7 Å². The average Bonchev–Trinajstić information content (AvgIpc) is 2.58. The molecule has 2 amide bonds. The van der Waals surface area contributed by atoms with Gasteiger partial charge in [0.05, 0.1) is 21.7 Å². The molecular weight excluding hydrogens is 332 g/mol. The van der Waals surface area contributed by atoms with E-state index in [4.69, 9.17) is 16.7 Å². The molecule has 2 aromatic carbocycles. The maximum absolute atomic E-state index is 12.0. The molecule has 6 nitrogen and oxygen atoms in total. The van der Waals surface area contributed by atoms with E-state index >= 15 is 0 Å². The van der Waals surface area contributed by atoms with Crippen molar-refractivity contribution in [3.8, 4) is 0 Å². The van der Waals surface area contributed by atoms with Crippen LogP contribution < -0.4 is 10.6 Å². The molecule has 0 atom stereocenters. The number of hydrogen-bond donors (Lipinski definition) is 3. The van der Waals surface area contributed by atoms with Crippen LogP contribution in [0.1, 0.15) is 31.1 Å². The highest BCUT2D eigenvalue weighted by atomic mass is 35.5. The Morgan fingerprint density at radius 1 is 0.792 bits per heavy atom. The first kappa shape index (κ1) is 17.5. The van der Waals surface area contributed by atoms with Crippen LogP contribution >= 0.6 is 11.6 Å². The number of nitrogens with one attached hydrogen (secondary N) is 2. The minimum absolute atomic E-state index is 0.0717. The smallest absolute Gasteiger partial charge is 0.336 e. The number of carbonyl (C=O) groups is 3. The Bertz CT molecular complexity index is 777. The zero-order valence-corrected chi connectivity index (χ0v) is 13.3. The van der Waals surface area contributed by atoms with Gasteiger partial charge in [-0.25, -0.2) is 4.79 Å². The van der Waals surface area contributed by atoms with Crippen molar-refractivity contribution in [1.82, 2.24) is 10.6 Å². The molecule has 0 unspecified atom stereocenters. The Kier molecular flexibility index (Phi) is 5.92. The predicted octanol–water partition coefficient (Wildman–Crippen LogP) is 2.20. The second-order valence-corrected chi connectivity index (χ2v) is 5.25. The number of rotatable bonds is 6. The number of carboxylic acid groups (broad SMARTS) is 1. The Morgan fingerprint density at radius 3 is 1.79 bits per heavy atom. The van der Waals surface area contributed by atoms with Crippen molar-refractivity contribution in [3.63, 3.8) is 0 Å². The van der Waals surface area contributed by atoms with E-state index < -0.39 is 11.9 Å². The van der Waals surface area contributed by atoms with E-state index in [2.05, 4.69) is 10.6 Å². The van der Waals surface area contributed by atoms with Gasteiger partial charge in [0.1, 0.15) is 0 Å². The van der Waals surface area contributed by atoms with E-state index in [-0.39, 0.29) is 30.1 Å². The lowest BCUT2D eigenvalue weighted by molar-refractivity contribution is 0.0691. The van der Waals surface area contributed by atoms with Crippen LogP contribution in [0, 0.1) is 0 Å². The summed E-state index contributed by atoms with van der Waals surface area (Å²) in [4.78, 5) is 35.1. The highest BCUT2D eigenvalue weighted by molar-refractivity contribution is 6.33. The Morgan fingerprint density at radius 2 is 1.25 bits per heavy atom. The standard InChI is InChI=1S/C17H15ClN2O4/c18-14-8-4-3-7-13(14)16(22)20-10-9-19-15(21)11-5-1-2-6-12(11)17(23)24/h1-8H,9-10H2,(H,19,21)(H,20,22)(H,23,24). The summed E-state index contributed by atoms with van der Waals surface area (Å²) in [5.41, 5.74) is 0.347. The fourth-order valence-electron chi connectivity index (χ4n) is 2.06. The van der Waals surface area contributed by atoms with Crippen LogP contribution in [-0.2, 0) is 0 Å². The lowest BCUT2D eigenvalue weighted by Crippen LogP contribution is -2.35. The van der Waals surface area contributed by atoms with Crippen molar-refractivity contribution in [3.05, 3.63) is 70.2 Å². The first-order valence-corrected chi connectivity index (χ1v) is 7.51. The van der Waals surface area contributed by atoms with Crippen LogP contribution in [0.2, 0.25) is 5.02 Å². The van der Waals surface area contributed by atoms with Crippen LogP contribution in [0.3, 0.4) is 0 Å². The van der Waals surface area contributed by atoms with E-state index in [0.29, 0.717) is 10.6 Å². The highest BCUT2D eigenvalue weighted by Crippen LogP contribution is 2.14. The van der Waals surface area contributed by atoms with Gasteiger partial charge in [-0.1, -0.05) is 35.9 Å². The summed E-state index contributed by atoms with van der Waals surface area (Å²) in [5, 5.41) is 14.6. The molecular formula is C17H15ClN2O4. The predicted molar refractivity (Wildman–Crippen MR) is 89.5 cm³/mol. The SMILES string of the molecule is O=C(NCCNC(=O)c1ccccc1C(=O)O)c1ccccc1Cl. The lowest BCUT2D eigenvalue weighted by atomic mass is 10.1. The number of halogens is 1. The average molecular weight is 347 g/mol. The van der Waals surface area contributed by atoms with E-state index in [9.17, 15) is 14.4 Å². The number of amides is 2. The third kappa shape index (κ3) is 4.33. The normalized spacial score (nSPS) is 10.0. The fraction of sp³-hybridized carbons (Fsp3) is 0.118. The zero-order valence-electron chi connectivity index (χ0n) is 12.6. The molecule has 0 aliphatic carbocycles. The van der Waals surface area contributed by atoms with Crippen LogP contribution in [0.4, 0.5) is 0 Å². The molecule has 3 N–H and O–H groups in total. The van der Waals surface area contributed by atoms with E-state index in [1.54, 1.807) is 36.4 Å². The Balaban J connectivity index is 1.87. The van der Waals surface area contributed by atoms with Crippen LogP contribution in [0.25, 0.3) is 0 Å². The van der Waals surface area contributed by atoms with Crippen LogP contribution in [-0.4, -0.2) is 36.0 Å². The summed E-state index contributed by atoms with van der Waals surface area (Å²) in [6.45, 7) is 0.341. The summed E-state index contributed by atoms with van der Waals surface area (Å²) in [6, 6.07) is 12.5.